The molecule has 1 aliphatic heterocycles. The van der Waals surface area contributed by atoms with Gasteiger partial charge in [-0.05, 0) is 49.4 Å². The first kappa shape index (κ1) is 18.4. The van der Waals surface area contributed by atoms with Gasteiger partial charge in [-0.3, -0.25) is 4.79 Å². The van der Waals surface area contributed by atoms with E-state index in [1.807, 2.05) is 32.0 Å². The molecular formula is C17H26BrN3O2. The summed E-state index contributed by atoms with van der Waals surface area (Å²) in [6, 6.07) is 4.13. The van der Waals surface area contributed by atoms with Gasteiger partial charge in [-0.25, -0.2) is 0 Å². The highest BCUT2D eigenvalue weighted by Gasteiger charge is 2.37. The van der Waals surface area contributed by atoms with Crippen LogP contribution in [0, 0.1) is 13.8 Å². The fraction of sp³-hybridized carbons (Fsp3) is 0.588. The van der Waals surface area contributed by atoms with Crippen LogP contribution in [0.2, 0.25) is 0 Å². The lowest BCUT2D eigenvalue weighted by atomic mass is 9.96. The van der Waals surface area contributed by atoms with Crippen molar-refractivity contribution in [2.75, 3.05) is 27.2 Å². The number of rotatable bonds is 4. The number of benzene rings is 1. The van der Waals surface area contributed by atoms with Gasteiger partial charge in [0.1, 0.15) is 0 Å². The van der Waals surface area contributed by atoms with Gasteiger partial charge in [0.05, 0.1) is 19.2 Å². The first-order chi connectivity index (χ1) is 10.8. The molecule has 1 amide bonds. The quantitative estimate of drug-likeness (QED) is 0.810. The van der Waals surface area contributed by atoms with Crippen molar-refractivity contribution in [3.63, 3.8) is 0 Å². The van der Waals surface area contributed by atoms with Gasteiger partial charge < -0.3 is 15.5 Å². The molecule has 1 aromatic rings. The third kappa shape index (κ3) is 4.12. The molecule has 0 bridgehead atoms. The number of hydroxylamine groups is 2. The van der Waals surface area contributed by atoms with Gasteiger partial charge >= 0.3 is 0 Å². The minimum absolute atomic E-state index is 0.0530. The van der Waals surface area contributed by atoms with Crippen LogP contribution in [0.25, 0.3) is 0 Å². The third-order valence-electron chi connectivity index (χ3n) is 4.85. The number of hydrogen-bond acceptors (Lipinski definition) is 4. The van der Waals surface area contributed by atoms with Gasteiger partial charge in [-0.1, -0.05) is 22.0 Å². The molecule has 0 unspecified atom stereocenters. The van der Waals surface area contributed by atoms with Gasteiger partial charge in [0.2, 0.25) is 5.91 Å². The van der Waals surface area contributed by atoms with E-state index in [4.69, 9.17) is 10.6 Å². The zero-order valence-corrected chi connectivity index (χ0v) is 15.9. The average molecular weight is 384 g/mol. The molecule has 1 saturated heterocycles. The van der Waals surface area contributed by atoms with Crippen LogP contribution in [-0.4, -0.2) is 48.8 Å². The molecule has 0 radical (unpaired) electrons. The molecule has 0 aromatic heterocycles. The molecular weight excluding hydrogens is 358 g/mol. The van der Waals surface area contributed by atoms with Crippen LogP contribution in [-0.2, 0) is 16.1 Å². The van der Waals surface area contributed by atoms with Gasteiger partial charge in [-0.15, -0.1) is 0 Å². The molecule has 0 aliphatic carbocycles. The fourth-order valence-electron chi connectivity index (χ4n) is 2.98. The Hall–Kier alpha value is -0.950. The molecule has 23 heavy (non-hydrogen) atoms. The van der Waals surface area contributed by atoms with Crippen LogP contribution in [0.4, 0.5) is 0 Å². The summed E-state index contributed by atoms with van der Waals surface area (Å²) >= 11 is 3.54. The number of nitrogens with two attached hydrogens (primary N) is 1. The summed E-state index contributed by atoms with van der Waals surface area (Å²) in [4.78, 5) is 19.6. The van der Waals surface area contributed by atoms with Crippen LogP contribution < -0.4 is 5.73 Å². The summed E-state index contributed by atoms with van der Waals surface area (Å²) in [6.45, 7) is 5.56. The second-order valence-electron chi connectivity index (χ2n) is 6.37. The number of hydrogen-bond donors (Lipinski definition) is 1. The molecule has 1 heterocycles. The van der Waals surface area contributed by atoms with E-state index in [1.54, 1.807) is 12.0 Å². The number of likely N-dealkylation sites (N-methyl/N-ethyl adjacent to an activating group) is 1. The van der Waals surface area contributed by atoms with E-state index in [2.05, 4.69) is 22.0 Å². The zero-order chi connectivity index (χ0) is 17.2. The minimum Gasteiger partial charge on any atom is -0.327 e. The maximum atomic E-state index is 12.7. The van der Waals surface area contributed by atoms with E-state index in [1.165, 1.54) is 5.56 Å². The molecule has 5 nitrogen and oxygen atoms in total. The van der Waals surface area contributed by atoms with Crippen LogP contribution in [0.1, 0.15) is 29.5 Å². The highest BCUT2D eigenvalue weighted by atomic mass is 79.9. The maximum Gasteiger partial charge on any atom is 0.228 e. The molecule has 6 heteroatoms. The number of carbonyl (C=O) groups is 1. The zero-order valence-electron chi connectivity index (χ0n) is 14.4. The molecule has 1 aromatic carbocycles. The number of amides is 1. The largest absolute Gasteiger partial charge is 0.327 e. The van der Waals surface area contributed by atoms with Crippen molar-refractivity contribution in [2.45, 2.75) is 38.8 Å². The van der Waals surface area contributed by atoms with E-state index in [0.29, 0.717) is 19.3 Å². The number of carbonyl (C=O) groups excluding carboxylic acids is 1. The molecule has 0 spiro atoms. The second kappa shape index (κ2) is 7.30. The normalized spacial score (nSPS) is 18.0. The number of halogens is 1. The molecule has 0 atom stereocenters. The topological polar surface area (TPSA) is 58.8 Å². The summed E-state index contributed by atoms with van der Waals surface area (Å²) in [5.74, 6) is 0.0530. The van der Waals surface area contributed by atoms with Crippen LogP contribution in [0.15, 0.2) is 16.6 Å². The number of aryl methyl sites for hydroxylation is 2. The van der Waals surface area contributed by atoms with Crippen LogP contribution in [0.5, 0.6) is 0 Å². The summed E-state index contributed by atoms with van der Waals surface area (Å²) in [7, 11) is 3.47. The fourth-order valence-corrected chi connectivity index (χ4v) is 3.37. The average Bonchev–Trinajstić information content (AvgIpc) is 2.52. The van der Waals surface area contributed by atoms with Crippen molar-refractivity contribution >= 4 is 21.8 Å². The number of nitrogens with zero attached hydrogens (tertiary/aromatic N) is 2. The van der Waals surface area contributed by atoms with Crippen LogP contribution in [0.3, 0.4) is 0 Å². The Balaban J connectivity index is 2.07. The second-order valence-corrected chi connectivity index (χ2v) is 7.23. The van der Waals surface area contributed by atoms with Crippen molar-refractivity contribution in [1.82, 2.24) is 9.96 Å². The molecule has 1 aliphatic rings. The Morgan fingerprint density at radius 2 is 1.96 bits per heavy atom. The summed E-state index contributed by atoms with van der Waals surface area (Å²) in [6.07, 6.45) is 1.79. The summed E-state index contributed by atoms with van der Waals surface area (Å²) in [5, 5.41) is 1.88. The van der Waals surface area contributed by atoms with Crippen molar-refractivity contribution in [3.8, 4) is 0 Å². The van der Waals surface area contributed by atoms with E-state index >= 15 is 0 Å². The van der Waals surface area contributed by atoms with Crippen molar-refractivity contribution in [1.29, 1.82) is 0 Å². The number of piperidine rings is 1. The molecule has 128 valence electrons. The lowest BCUT2D eigenvalue weighted by Crippen LogP contribution is -2.61. The lowest BCUT2D eigenvalue weighted by molar-refractivity contribution is -0.166. The van der Waals surface area contributed by atoms with Crippen LogP contribution >= 0.6 is 15.9 Å². The molecule has 2 rings (SSSR count). The van der Waals surface area contributed by atoms with E-state index in [-0.39, 0.29) is 5.91 Å². The maximum absolute atomic E-state index is 12.7. The minimum atomic E-state index is -0.595. The Kier molecular flexibility index (Phi) is 5.84. The van der Waals surface area contributed by atoms with Crippen molar-refractivity contribution in [3.05, 3.63) is 33.3 Å². The first-order valence-corrected chi connectivity index (χ1v) is 8.66. The smallest absolute Gasteiger partial charge is 0.228 e. The lowest BCUT2D eigenvalue weighted by Gasteiger charge is -2.44. The Morgan fingerprint density at radius 3 is 2.52 bits per heavy atom. The summed E-state index contributed by atoms with van der Waals surface area (Å²) in [5.41, 5.74) is 9.23. The monoisotopic (exact) mass is 383 g/mol. The van der Waals surface area contributed by atoms with Gasteiger partial charge in [0, 0.05) is 24.6 Å². The van der Waals surface area contributed by atoms with Gasteiger partial charge in [0.15, 0.2) is 0 Å². The van der Waals surface area contributed by atoms with Crippen molar-refractivity contribution < 1.29 is 9.63 Å². The SMILES string of the molecule is CON1CCC(N)(N(C)C(=O)Cc2cc(Br)c(C)cc2C)CC1. The predicted octanol–water partition coefficient (Wildman–Crippen LogP) is 2.38. The van der Waals surface area contributed by atoms with Crippen molar-refractivity contribution in [2.24, 2.45) is 5.73 Å². The van der Waals surface area contributed by atoms with E-state index in [0.717, 1.165) is 28.7 Å². The molecule has 2 N–H and O–H groups in total. The van der Waals surface area contributed by atoms with E-state index < -0.39 is 5.66 Å². The van der Waals surface area contributed by atoms with Gasteiger partial charge in [0.25, 0.3) is 0 Å². The highest BCUT2D eigenvalue weighted by Crippen LogP contribution is 2.25. The molecule has 0 saturated carbocycles. The van der Waals surface area contributed by atoms with Gasteiger partial charge in [-0.2, -0.15) is 5.06 Å². The molecule has 1 fully saturated rings. The first-order valence-electron chi connectivity index (χ1n) is 7.87. The predicted molar refractivity (Wildman–Crippen MR) is 94.8 cm³/mol. The van der Waals surface area contributed by atoms with E-state index in [9.17, 15) is 4.79 Å². The Bertz CT molecular complexity index is 583. The Labute approximate surface area is 146 Å². The third-order valence-corrected chi connectivity index (χ3v) is 5.70. The highest BCUT2D eigenvalue weighted by molar-refractivity contribution is 9.10. The summed E-state index contributed by atoms with van der Waals surface area (Å²) < 4.78 is 1.03. The standard InChI is InChI=1S/C17H26BrN3O2/c1-12-9-13(2)15(18)10-14(12)11-16(22)20(3)17(19)5-7-21(23-4)8-6-17/h9-10H,5-8,11,19H2,1-4H3. The Morgan fingerprint density at radius 1 is 1.35 bits per heavy atom.